The Morgan fingerprint density at radius 3 is 2.68 bits per heavy atom. The Kier molecular flexibility index (Phi) is 6.31. The number of alkyl halides is 3. The summed E-state index contributed by atoms with van der Waals surface area (Å²) in [7, 11) is 0. The number of nitro groups is 1. The number of fused-ring (bicyclic) bond motifs is 1. The molecular weight excluding hydrogens is 487 g/mol. The first-order chi connectivity index (χ1) is 14.6. The summed E-state index contributed by atoms with van der Waals surface area (Å²) in [6.07, 6.45) is -2.54. The zero-order valence-electron chi connectivity index (χ0n) is 15.6. The third kappa shape index (κ3) is 5.03. The average molecular weight is 500 g/mol. The molecule has 31 heavy (non-hydrogen) atoms. The summed E-state index contributed by atoms with van der Waals surface area (Å²) < 4.78 is 40.0. The van der Waals surface area contributed by atoms with Crippen LogP contribution in [0.15, 0.2) is 40.1 Å². The summed E-state index contributed by atoms with van der Waals surface area (Å²) >= 11 is 3.28. The van der Waals surface area contributed by atoms with Crippen molar-refractivity contribution >= 4 is 50.6 Å². The zero-order valence-corrected chi connectivity index (χ0v) is 17.1. The molecule has 162 valence electrons. The minimum absolute atomic E-state index is 0.0514. The molecule has 0 aliphatic carbocycles. The number of aromatic nitrogens is 3. The van der Waals surface area contributed by atoms with Crippen LogP contribution in [0.1, 0.15) is 24.1 Å². The highest BCUT2D eigenvalue weighted by atomic mass is 79.9. The van der Waals surface area contributed by atoms with Crippen molar-refractivity contribution in [1.82, 2.24) is 20.4 Å². The molecular formula is C17H13BrF3N7O3. The van der Waals surface area contributed by atoms with Gasteiger partial charge >= 0.3 is 6.18 Å². The summed E-state index contributed by atoms with van der Waals surface area (Å²) in [5.41, 5.74) is 0.236. The highest BCUT2D eigenvalue weighted by molar-refractivity contribution is 9.10. The molecule has 0 aliphatic rings. The first-order valence-electron chi connectivity index (χ1n) is 8.46. The van der Waals surface area contributed by atoms with Gasteiger partial charge in [0.25, 0.3) is 5.69 Å². The number of benzene rings is 1. The van der Waals surface area contributed by atoms with Gasteiger partial charge in [-0.25, -0.2) is 19.9 Å². The van der Waals surface area contributed by atoms with Crippen molar-refractivity contribution in [3.8, 4) is 0 Å². The summed E-state index contributed by atoms with van der Waals surface area (Å²) in [5.74, 6) is 0.460. The van der Waals surface area contributed by atoms with Gasteiger partial charge < -0.3 is 5.32 Å². The van der Waals surface area contributed by atoms with Crippen LogP contribution in [0.2, 0.25) is 0 Å². The second-order valence-corrected chi connectivity index (χ2v) is 7.06. The van der Waals surface area contributed by atoms with Crippen LogP contribution in [0.25, 0.3) is 11.0 Å². The van der Waals surface area contributed by atoms with E-state index in [1.807, 2.05) is 0 Å². The largest absolute Gasteiger partial charge is 0.416 e. The minimum Gasteiger partial charge on any atom is -0.363 e. The molecule has 0 spiro atoms. The second-order valence-electron chi connectivity index (χ2n) is 6.21. The van der Waals surface area contributed by atoms with Crippen LogP contribution in [-0.4, -0.2) is 31.4 Å². The maximum atomic E-state index is 13.2. The van der Waals surface area contributed by atoms with E-state index in [1.54, 1.807) is 18.5 Å². The quantitative estimate of drug-likeness (QED) is 0.194. The molecule has 14 heteroatoms. The lowest BCUT2D eigenvalue weighted by molar-refractivity contribution is -0.385. The van der Waals surface area contributed by atoms with Gasteiger partial charge in [0.05, 0.1) is 26.4 Å². The van der Waals surface area contributed by atoms with E-state index in [1.165, 1.54) is 6.33 Å². The van der Waals surface area contributed by atoms with Gasteiger partial charge in [0.15, 0.2) is 11.5 Å². The first-order valence-corrected chi connectivity index (χ1v) is 9.26. The van der Waals surface area contributed by atoms with Gasteiger partial charge in [0.2, 0.25) is 0 Å². The molecule has 0 amide bonds. The van der Waals surface area contributed by atoms with Crippen molar-refractivity contribution in [2.75, 3.05) is 5.32 Å². The van der Waals surface area contributed by atoms with Crippen LogP contribution in [0.4, 0.5) is 30.5 Å². The molecule has 0 aliphatic heterocycles. The van der Waals surface area contributed by atoms with Crippen LogP contribution in [-0.2, 0) is 6.18 Å². The van der Waals surface area contributed by atoms with Crippen molar-refractivity contribution in [1.29, 1.82) is 0 Å². The number of nitrogens with zero attached hydrogens (tertiary/aromatic N) is 5. The number of hydrogen-bond acceptors (Lipinski definition) is 8. The minimum atomic E-state index is -4.74. The topological polar surface area (TPSA) is 138 Å². The maximum absolute atomic E-state index is 13.2. The van der Waals surface area contributed by atoms with Gasteiger partial charge in [-0.1, -0.05) is 0 Å². The van der Waals surface area contributed by atoms with Gasteiger partial charge in [-0.15, -0.1) is 0 Å². The Hall–Kier alpha value is -3.39. The Labute approximate surface area is 180 Å². The number of anilines is 1. The van der Waals surface area contributed by atoms with Crippen molar-refractivity contribution in [3.63, 3.8) is 0 Å². The van der Waals surface area contributed by atoms with Crippen LogP contribution < -0.4 is 10.8 Å². The van der Waals surface area contributed by atoms with E-state index < -0.39 is 28.4 Å². The third-order valence-corrected chi connectivity index (χ3v) is 4.72. The number of halogens is 4. The molecule has 2 heterocycles. The molecule has 0 unspecified atom stereocenters. The molecule has 3 aromatic rings. The van der Waals surface area contributed by atoms with E-state index >= 15 is 0 Å². The molecule has 0 radical (unpaired) electrons. The van der Waals surface area contributed by atoms with Gasteiger partial charge in [0, 0.05) is 12.1 Å². The third-order valence-electron chi connectivity index (χ3n) is 4.14. The highest BCUT2D eigenvalue weighted by Gasteiger charge is 2.33. The van der Waals surface area contributed by atoms with E-state index in [9.17, 15) is 23.3 Å². The second kappa shape index (κ2) is 8.77. The summed E-state index contributed by atoms with van der Waals surface area (Å²) in [4.78, 5) is 26.4. The molecule has 3 rings (SSSR count). The molecule has 3 N–H and O–H groups in total. The van der Waals surface area contributed by atoms with E-state index in [2.05, 4.69) is 41.2 Å². The van der Waals surface area contributed by atoms with Crippen molar-refractivity contribution in [2.45, 2.75) is 19.1 Å². The number of nitrogens with one attached hydrogen (secondary N) is 2. The van der Waals surface area contributed by atoms with E-state index in [-0.39, 0.29) is 22.8 Å². The fraction of sp³-hybridized carbons (Fsp3) is 0.176. The van der Waals surface area contributed by atoms with E-state index in [0.717, 1.165) is 18.5 Å². The maximum Gasteiger partial charge on any atom is 0.416 e. The van der Waals surface area contributed by atoms with Crippen LogP contribution >= 0.6 is 15.9 Å². The summed E-state index contributed by atoms with van der Waals surface area (Å²) in [5, 5.41) is 23.1. The zero-order chi connectivity index (χ0) is 22.8. The first kappa shape index (κ1) is 22.3. The Morgan fingerprint density at radius 2 is 2.03 bits per heavy atom. The van der Waals surface area contributed by atoms with Gasteiger partial charge in [-0.3, -0.25) is 20.8 Å². The Balaban J connectivity index is 2.01. The Bertz CT molecular complexity index is 1170. The standard InChI is InChI=1S/C17H13BrF3N7O3/c1-8(9-2-10(17(19,20)21)4-11(3-9)28(30)31)26-14-12-5-13(18)16(24-7-25-29)27-15(12)23-6-22-14/h2-8,29H,1H3,(H2,22,23,24,25,26,27)/t8-/m1/s1. The van der Waals surface area contributed by atoms with Crippen molar-refractivity contribution in [2.24, 2.45) is 4.99 Å². The van der Waals surface area contributed by atoms with Gasteiger partial charge in [-0.05, 0) is 40.5 Å². The SMILES string of the molecule is C[C@@H](Nc1ncnc2nc(N=CNO)c(Br)cc12)c1cc([N+](=O)[O-])cc(C(F)(F)F)c1. The lowest BCUT2D eigenvalue weighted by Crippen LogP contribution is -2.12. The molecule has 0 bridgehead atoms. The van der Waals surface area contributed by atoms with Gasteiger partial charge in [-0.2, -0.15) is 13.2 Å². The summed E-state index contributed by atoms with van der Waals surface area (Å²) in [6, 6.07) is 3.22. The van der Waals surface area contributed by atoms with Crippen LogP contribution in [0, 0.1) is 10.1 Å². The number of hydrogen-bond donors (Lipinski definition) is 3. The normalized spacial score (nSPS) is 12.8. The fourth-order valence-corrected chi connectivity index (χ4v) is 3.11. The predicted octanol–water partition coefficient (Wildman–Crippen LogP) is 4.53. The average Bonchev–Trinajstić information content (AvgIpc) is 2.71. The highest BCUT2D eigenvalue weighted by Crippen LogP contribution is 2.35. The molecule has 0 saturated heterocycles. The fourth-order valence-electron chi connectivity index (χ4n) is 2.69. The van der Waals surface area contributed by atoms with Crippen molar-refractivity contribution in [3.05, 3.63) is 56.3 Å². The lowest BCUT2D eigenvalue weighted by atomic mass is 10.0. The number of nitro benzene ring substituents is 1. The molecule has 1 atom stereocenters. The van der Waals surface area contributed by atoms with Crippen LogP contribution in [0.5, 0.6) is 0 Å². The number of hydroxylamine groups is 1. The molecule has 10 nitrogen and oxygen atoms in total. The molecule has 0 saturated carbocycles. The Morgan fingerprint density at radius 1 is 1.29 bits per heavy atom. The molecule has 0 fully saturated rings. The smallest absolute Gasteiger partial charge is 0.363 e. The van der Waals surface area contributed by atoms with Gasteiger partial charge in [0.1, 0.15) is 18.5 Å². The molecule has 2 aromatic heterocycles. The number of pyridine rings is 1. The number of non-ortho nitro benzene ring substituents is 1. The van der Waals surface area contributed by atoms with E-state index in [4.69, 9.17) is 5.21 Å². The van der Waals surface area contributed by atoms with Crippen LogP contribution in [0.3, 0.4) is 0 Å². The molecule has 1 aromatic carbocycles. The lowest BCUT2D eigenvalue weighted by Gasteiger charge is -2.18. The monoisotopic (exact) mass is 499 g/mol. The predicted molar refractivity (Wildman–Crippen MR) is 108 cm³/mol. The van der Waals surface area contributed by atoms with Crippen molar-refractivity contribution < 1.29 is 23.3 Å². The van der Waals surface area contributed by atoms with E-state index in [0.29, 0.717) is 15.9 Å². The number of rotatable bonds is 6. The number of aliphatic imine (C=N–C) groups is 1. The summed E-state index contributed by atoms with van der Waals surface area (Å²) in [6.45, 7) is 1.54.